The van der Waals surface area contributed by atoms with Gasteiger partial charge in [0.25, 0.3) is 0 Å². The molecular formula is C14H23NO2. The van der Waals surface area contributed by atoms with E-state index in [1.807, 2.05) is 31.2 Å². The fourth-order valence-electron chi connectivity index (χ4n) is 1.71. The summed E-state index contributed by atoms with van der Waals surface area (Å²) in [4.78, 5) is 0. The third kappa shape index (κ3) is 5.59. The van der Waals surface area contributed by atoms with E-state index in [1.54, 1.807) is 0 Å². The number of nitrogens with one attached hydrogen (secondary N) is 1. The second kappa shape index (κ2) is 8.88. The molecule has 17 heavy (non-hydrogen) atoms. The highest BCUT2D eigenvalue weighted by Crippen LogP contribution is 2.23. The molecule has 0 atom stereocenters. The van der Waals surface area contributed by atoms with E-state index in [-0.39, 0.29) is 0 Å². The first-order valence-corrected chi connectivity index (χ1v) is 6.45. The highest BCUT2D eigenvalue weighted by Gasteiger charge is 2.00. The van der Waals surface area contributed by atoms with Crippen LogP contribution in [0.25, 0.3) is 0 Å². The summed E-state index contributed by atoms with van der Waals surface area (Å²) in [5, 5.41) is 12.1. The zero-order valence-corrected chi connectivity index (χ0v) is 10.6. The van der Waals surface area contributed by atoms with E-state index in [1.165, 1.54) is 0 Å². The number of para-hydroxylation sites is 2. The van der Waals surface area contributed by atoms with Crippen LogP contribution in [0.3, 0.4) is 0 Å². The summed E-state index contributed by atoms with van der Waals surface area (Å²) in [6, 6.07) is 8.02. The largest absolute Gasteiger partial charge is 0.492 e. The summed E-state index contributed by atoms with van der Waals surface area (Å²) in [5.41, 5.74) is 1.07. The van der Waals surface area contributed by atoms with Gasteiger partial charge in [0.15, 0.2) is 0 Å². The van der Waals surface area contributed by atoms with Gasteiger partial charge in [-0.25, -0.2) is 0 Å². The lowest BCUT2D eigenvalue weighted by molar-refractivity contribution is 0.283. The molecule has 1 rings (SSSR count). The standard InChI is InChI=1S/C14H23NO2/c1-2-17-14-10-6-5-9-13(14)15-11-7-3-4-8-12-16/h5-6,9-10,15-16H,2-4,7-8,11-12H2,1H3. The van der Waals surface area contributed by atoms with Crippen LogP contribution in [0.4, 0.5) is 5.69 Å². The quantitative estimate of drug-likeness (QED) is 0.649. The van der Waals surface area contributed by atoms with Gasteiger partial charge in [-0.3, -0.25) is 0 Å². The van der Waals surface area contributed by atoms with Crippen molar-refractivity contribution in [1.82, 2.24) is 0 Å². The Morgan fingerprint density at radius 1 is 1.12 bits per heavy atom. The van der Waals surface area contributed by atoms with Crippen LogP contribution in [0.1, 0.15) is 32.6 Å². The third-order valence-corrected chi connectivity index (χ3v) is 2.59. The zero-order chi connectivity index (χ0) is 12.3. The van der Waals surface area contributed by atoms with E-state index in [4.69, 9.17) is 9.84 Å². The monoisotopic (exact) mass is 237 g/mol. The van der Waals surface area contributed by atoms with Crippen LogP contribution in [0, 0.1) is 0 Å². The van der Waals surface area contributed by atoms with E-state index < -0.39 is 0 Å². The van der Waals surface area contributed by atoms with Crippen molar-refractivity contribution in [2.75, 3.05) is 25.1 Å². The molecule has 0 radical (unpaired) electrons. The van der Waals surface area contributed by atoms with Gasteiger partial charge in [0, 0.05) is 13.2 Å². The summed E-state index contributed by atoms with van der Waals surface area (Å²) >= 11 is 0. The Hall–Kier alpha value is -1.22. The Kier molecular flexibility index (Phi) is 7.23. The first-order chi connectivity index (χ1) is 8.38. The molecule has 0 bridgehead atoms. The molecule has 0 saturated carbocycles. The van der Waals surface area contributed by atoms with Gasteiger partial charge >= 0.3 is 0 Å². The van der Waals surface area contributed by atoms with Crippen LogP contribution in [0.2, 0.25) is 0 Å². The van der Waals surface area contributed by atoms with Crippen molar-refractivity contribution in [3.05, 3.63) is 24.3 Å². The van der Waals surface area contributed by atoms with Crippen LogP contribution in [-0.2, 0) is 0 Å². The Bertz CT molecular complexity index is 302. The molecule has 0 aliphatic carbocycles. The lowest BCUT2D eigenvalue weighted by Gasteiger charge is -2.11. The van der Waals surface area contributed by atoms with Crippen LogP contribution < -0.4 is 10.1 Å². The van der Waals surface area contributed by atoms with Gasteiger partial charge in [0.05, 0.1) is 12.3 Å². The average Bonchev–Trinajstić information content (AvgIpc) is 2.36. The number of rotatable bonds is 9. The van der Waals surface area contributed by atoms with Gasteiger partial charge in [-0.2, -0.15) is 0 Å². The molecular weight excluding hydrogens is 214 g/mol. The number of anilines is 1. The Morgan fingerprint density at radius 2 is 1.88 bits per heavy atom. The molecule has 0 aromatic heterocycles. The number of hydrogen-bond acceptors (Lipinski definition) is 3. The van der Waals surface area contributed by atoms with Crippen molar-refractivity contribution >= 4 is 5.69 Å². The predicted octanol–water partition coefficient (Wildman–Crippen LogP) is 3.05. The number of aliphatic hydroxyl groups is 1. The lowest BCUT2D eigenvalue weighted by Crippen LogP contribution is -2.04. The molecule has 0 saturated heterocycles. The minimum absolute atomic E-state index is 0.306. The van der Waals surface area contributed by atoms with Crippen LogP contribution in [0.5, 0.6) is 5.75 Å². The molecule has 0 aliphatic rings. The van der Waals surface area contributed by atoms with E-state index >= 15 is 0 Å². The van der Waals surface area contributed by atoms with Crippen molar-refractivity contribution in [1.29, 1.82) is 0 Å². The van der Waals surface area contributed by atoms with Gasteiger partial charge < -0.3 is 15.2 Å². The van der Waals surface area contributed by atoms with E-state index in [2.05, 4.69) is 5.32 Å². The van der Waals surface area contributed by atoms with Crippen molar-refractivity contribution in [3.63, 3.8) is 0 Å². The average molecular weight is 237 g/mol. The van der Waals surface area contributed by atoms with E-state index in [0.717, 1.165) is 43.7 Å². The van der Waals surface area contributed by atoms with E-state index in [9.17, 15) is 0 Å². The molecule has 0 aliphatic heterocycles. The highest BCUT2D eigenvalue weighted by atomic mass is 16.5. The predicted molar refractivity (Wildman–Crippen MR) is 71.7 cm³/mol. The molecule has 0 heterocycles. The van der Waals surface area contributed by atoms with Gasteiger partial charge in [-0.05, 0) is 31.9 Å². The molecule has 0 fully saturated rings. The van der Waals surface area contributed by atoms with E-state index in [0.29, 0.717) is 13.2 Å². The van der Waals surface area contributed by atoms with Crippen LogP contribution in [-0.4, -0.2) is 24.9 Å². The Balaban J connectivity index is 2.25. The molecule has 2 N–H and O–H groups in total. The Morgan fingerprint density at radius 3 is 2.65 bits per heavy atom. The molecule has 96 valence electrons. The smallest absolute Gasteiger partial charge is 0.142 e. The lowest BCUT2D eigenvalue weighted by atomic mass is 10.2. The first-order valence-electron chi connectivity index (χ1n) is 6.45. The molecule has 0 spiro atoms. The maximum absolute atomic E-state index is 8.66. The van der Waals surface area contributed by atoms with Crippen molar-refractivity contribution in [2.45, 2.75) is 32.6 Å². The van der Waals surface area contributed by atoms with Gasteiger partial charge in [0.1, 0.15) is 5.75 Å². The Labute approximate surface area is 104 Å². The van der Waals surface area contributed by atoms with Gasteiger partial charge in [-0.1, -0.05) is 25.0 Å². The molecule has 3 nitrogen and oxygen atoms in total. The minimum atomic E-state index is 0.306. The topological polar surface area (TPSA) is 41.5 Å². The number of aliphatic hydroxyl groups excluding tert-OH is 1. The SMILES string of the molecule is CCOc1ccccc1NCCCCCCO. The number of ether oxygens (including phenoxy) is 1. The van der Waals surface area contributed by atoms with Gasteiger partial charge in [0.2, 0.25) is 0 Å². The highest BCUT2D eigenvalue weighted by molar-refractivity contribution is 5.56. The number of hydrogen-bond donors (Lipinski definition) is 2. The molecule has 0 amide bonds. The number of unbranched alkanes of at least 4 members (excludes halogenated alkanes) is 3. The molecule has 3 heteroatoms. The molecule has 1 aromatic carbocycles. The fourth-order valence-corrected chi connectivity index (χ4v) is 1.71. The second-order valence-electron chi connectivity index (χ2n) is 3.99. The summed E-state index contributed by atoms with van der Waals surface area (Å²) in [5.74, 6) is 0.922. The maximum atomic E-state index is 8.66. The number of benzene rings is 1. The summed E-state index contributed by atoms with van der Waals surface area (Å²) in [6.07, 6.45) is 4.30. The first kappa shape index (κ1) is 13.8. The third-order valence-electron chi connectivity index (χ3n) is 2.59. The second-order valence-corrected chi connectivity index (χ2v) is 3.99. The van der Waals surface area contributed by atoms with Crippen molar-refractivity contribution in [3.8, 4) is 5.75 Å². The minimum Gasteiger partial charge on any atom is -0.492 e. The summed E-state index contributed by atoms with van der Waals surface area (Å²) < 4.78 is 5.54. The summed E-state index contributed by atoms with van der Waals surface area (Å²) in [7, 11) is 0. The summed E-state index contributed by atoms with van der Waals surface area (Å²) in [6.45, 7) is 3.94. The van der Waals surface area contributed by atoms with Crippen LogP contribution >= 0.6 is 0 Å². The maximum Gasteiger partial charge on any atom is 0.142 e. The molecule has 1 aromatic rings. The molecule has 0 unspecified atom stereocenters. The van der Waals surface area contributed by atoms with Crippen molar-refractivity contribution in [2.24, 2.45) is 0 Å². The fraction of sp³-hybridized carbons (Fsp3) is 0.571. The zero-order valence-electron chi connectivity index (χ0n) is 10.6. The van der Waals surface area contributed by atoms with Gasteiger partial charge in [-0.15, -0.1) is 0 Å². The van der Waals surface area contributed by atoms with Crippen LogP contribution in [0.15, 0.2) is 24.3 Å². The normalized spacial score (nSPS) is 10.2. The van der Waals surface area contributed by atoms with Crippen molar-refractivity contribution < 1.29 is 9.84 Å².